The average Bonchev–Trinajstić information content (AvgIpc) is 2.37. The van der Waals surface area contributed by atoms with Crippen molar-refractivity contribution in [2.45, 2.75) is 19.3 Å². The molecule has 0 heterocycles. The summed E-state index contributed by atoms with van der Waals surface area (Å²) in [6, 6.07) is 15.1. The molecule has 0 saturated carbocycles. The third-order valence-electron chi connectivity index (χ3n) is 3.03. The van der Waals surface area contributed by atoms with Gasteiger partial charge in [0.05, 0.1) is 0 Å². The molecule has 1 unspecified atom stereocenters. The zero-order valence-electron chi connectivity index (χ0n) is 9.80. The van der Waals surface area contributed by atoms with Gasteiger partial charge in [-0.1, -0.05) is 49.4 Å². The van der Waals surface area contributed by atoms with Crippen molar-refractivity contribution in [2.75, 3.05) is 0 Å². The fraction of sp³-hybridized carbons (Fsp3) is 0.200. The highest BCUT2D eigenvalue weighted by molar-refractivity contribution is 5.49. The molecule has 0 fully saturated rings. The number of rotatable bonds is 3. The van der Waals surface area contributed by atoms with Gasteiger partial charge in [-0.05, 0) is 18.1 Å². The van der Waals surface area contributed by atoms with E-state index in [0.717, 1.165) is 17.5 Å². The van der Waals surface area contributed by atoms with Crippen LogP contribution in [0.1, 0.15) is 30.4 Å². The van der Waals surface area contributed by atoms with E-state index in [9.17, 15) is 10.2 Å². The molecular weight excluding hydrogens is 212 g/mol. The average molecular weight is 228 g/mol. The van der Waals surface area contributed by atoms with E-state index in [1.807, 2.05) is 36.4 Å². The van der Waals surface area contributed by atoms with Crippen LogP contribution in [0.5, 0.6) is 11.5 Å². The van der Waals surface area contributed by atoms with Crippen LogP contribution in [-0.4, -0.2) is 10.2 Å². The minimum atomic E-state index is -0.0584. The van der Waals surface area contributed by atoms with Crippen LogP contribution in [0.3, 0.4) is 0 Å². The topological polar surface area (TPSA) is 40.5 Å². The summed E-state index contributed by atoms with van der Waals surface area (Å²) in [7, 11) is 0. The Morgan fingerprint density at radius 2 is 1.65 bits per heavy atom. The molecule has 0 spiro atoms. The van der Waals surface area contributed by atoms with Crippen LogP contribution in [0, 0.1) is 0 Å². The zero-order valence-corrected chi connectivity index (χ0v) is 9.80. The van der Waals surface area contributed by atoms with Gasteiger partial charge >= 0.3 is 0 Å². The van der Waals surface area contributed by atoms with Crippen molar-refractivity contribution >= 4 is 0 Å². The summed E-state index contributed by atoms with van der Waals surface area (Å²) in [4.78, 5) is 0. The maximum Gasteiger partial charge on any atom is 0.161 e. The number of hydrogen-bond donors (Lipinski definition) is 2. The standard InChI is InChI=1S/C15H16O2/c1-2-12(11-7-4-3-5-8-11)13-9-6-10-14(16)15(13)17/h3-10,12,16-17H,2H2,1H3. The van der Waals surface area contributed by atoms with Crippen molar-refractivity contribution in [1.29, 1.82) is 0 Å². The van der Waals surface area contributed by atoms with E-state index in [0.29, 0.717) is 0 Å². The van der Waals surface area contributed by atoms with Crippen molar-refractivity contribution in [3.8, 4) is 11.5 Å². The molecule has 2 rings (SSSR count). The molecule has 1 atom stereocenters. The third-order valence-corrected chi connectivity index (χ3v) is 3.03. The number of benzene rings is 2. The number of phenolic OH excluding ortho intramolecular Hbond substituents is 2. The van der Waals surface area contributed by atoms with Crippen molar-refractivity contribution in [3.05, 3.63) is 59.7 Å². The number of para-hydroxylation sites is 1. The lowest BCUT2D eigenvalue weighted by molar-refractivity contribution is 0.397. The minimum Gasteiger partial charge on any atom is -0.504 e. The molecule has 2 aromatic rings. The van der Waals surface area contributed by atoms with Crippen LogP contribution in [0.25, 0.3) is 0 Å². The van der Waals surface area contributed by atoms with Crippen LogP contribution in [-0.2, 0) is 0 Å². The monoisotopic (exact) mass is 228 g/mol. The number of aromatic hydroxyl groups is 2. The van der Waals surface area contributed by atoms with Gasteiger partial charge in [0.25, 0.3) is 0 Å². The predicted molar refractivity (Wildman–Crippen MR) is 68.3 cm³/mol. The van der Waals surface area contributed by atoms with E-state index in [1.165, 1.54) is 6.07 Å². The van der Waals surface area contributed by atoms with Crippen LogP contribution >= 0.6 is 0 Å². The Bertz CT molecular complexity index is 492. The highest BCUT2D eigenvalue weighted by Gasteiger charge is 2.17. The molecule has 0 aliphatic heterocycles. The largest absolute Gasteiger partial charge is 0.504 e. The maximum atomic E-state index is 9.91. The Labute approximate surface area is 101 Å². The SMILES string of the molecule is CCC(c1ccccc1)c1cccc(O)c1O. The highest BCUT2D eigenvalue weighted by atomic mass is 16.3. The summed E-state index contributed by atoms with van der Waals surface area (Å²) >= 11 is 0. The maximum absolute atomic E-state index is 9.91. The normalized spacial score (nSPS) is 12.3. The molecule has 0 amide bonds. The summed E-state index contributed by atoms with van der Waals surface area (Å²) in [5.74, 6) is 0.0448. The van der Waals surface area contributed by atoms with Crippen molar-refractivity contribution in [1.82, 2.24) is 0 Å². The van der Waals surface area contributed by atoms with Crippen LogP contribution in [0.4, 0.5) is 0 Å². The molecule has 0 aromatic heterocycles. The lowest BCUT2D eigenvalue weighted by Gasteiger charge is -2.17. The molecule has 2 N–H and O–H groups in total. The number of hydrogen-bond acceptors (Lipinski definition) is 2. The molecule has 2 aromatic carbocycles. The minimum absolute atomic E-state index is 0.0109. The van der Waals surface area contributed by atoms with Gasteiger partial charge in [-0.2, -0.15) is 0 Å². The van der Waals surface area contributed by atoms with Crippen LogP contribution in [0.15, 0.2) is 48.5 Å². The second kappa shape index (κ2) is 4.91. The summed E-state index contributed by atoms with van der Waals surface area (Å²) in [6.07, 6.45) is 0.876. The molecule has 2 nitrogen and oxygen atoms in total. The molecule has 17 heavy (non-hydrogen) atoms. The molecular formula is C15H16O2. The second-order valence-electron chi connectivity index (χ2n) is 4.09. The predicted octanol–water partition coefficient (Wildman–Crippen LogP) is 3.64. The smallest absolute Gasteiger partial charge is 0.161 e. The molecule has 0 aliphatic rings. The van der Waals surface area contributed by atoms with E-state index in [-0.39, 0.29) is 17.4 Å². The third kappa shape index (κ3) is 2.26. The Kier molecular flexibility index (Phi) is 3.33. The summed E-state index contributed by atoms with van der Waals surface area (Å²) in [5, 5.41) is 19.5. The van der Waals surface area contributed by atoms with Gasteiger partial charge in [-0.3, -0.25) is 0 Å². The van der Waals surface area contributed by atoms with Gasteiger partial charge in [-0.15, -0.1) is 0 Å². The van der Waals surface area contributed by atoms with Crippen LogP contribution in [0.2, 0.25) is 0 Å². The Hall–Kier alpha value is -1.96. The van der Waals surface area contributed by atoms with Gasteiger partial charge in [0, 0.05) is 11.5 Å². The van der Waals surface area contributed by atoms with E-state index < -0.39 is 0 Å². The van der Waals surface area contributed by atoms with Gasteiger partial charge in [0.2, 0.25) is 0 Å². The van der Waals surface area contributed by atoms with Gasteiger partial charge in [0.15, 0.2) is 11.5 Å². The lowest BCUT2D eigenvalue weighted by Crippen LogP contribution is -1.99. The summed E-state index contributed by atoms with van der Waals surface area (Å²) in [6.45, 7) is 2.07. The summed E-state index contributed by atoms with van der Waals surface area (Å²) in [5.41, 5.74) is 1.93. The quantitative estimate of drug-likeness (QED) is 0.787. The fourth-order valence-corrected chi connectivity index (χ4v) is 2.15. The first-order valence-electron chi connectivity index (χ1n) is 5.79. The van der Waals surface area contributed by atoms with E-state index in [2.05, 4.69) is 6.92 Å². The van der Waals surface area contributed by atoms with Crippen LogP contribution < -0.4 is 0 Å². The number of phenols is 2. The highest BCUT2D eigenvalue weighted by Crippen LogP contribution is 2.38. The van der Waals surface area contributed by atoms with Gasteiger partial charge in [0.1, 0.15) is 0 Å². The second-order valence-corrected chi connectivity index (χ2v) is 4.09. The van der Waals surface area contributed by atoms with E-state index >= 15 is 0 Å². The lowest BCUT2D eigenvalue weighted by atomic mass is 9.88. The van der Waals surface area contributed by atoms with Crippen molar-refractivity contribution in [3.63, 3.8) is 0 Å². The van der Waals surface area contributed by atoms with Gasteiger partial charge in [-0.25, -0.2) is 0 Å². The molecule has 88 valence electrons. The Balaban J connectivity index is 2.46. The molecule has 0 bridgehead atoms. The van der Waals surface area contributed by atoms with E-state index in [1.54, 1.807) is 6.07 Å². The first-order chi connectivity index (χ1) is 8.24. The zero-order chi connectivity index (χ0) is 12.3. The summed E-state index contributed by atoms with van der Waals surface area (Å²) < 4.78 is 0. The molecule has 0 radical (unpaired) electrons. The van der Waals surface area contributed by atoms with Gasteiger partial charge < -0.3 is 10.2 Å². The van der Waals surface area contributed by atoms with Crippen molar-refractivity contribution in [2.24, 2.45) is 0 Å². The Morgan fingerprint density at radius 1 is 0.941 bits per heavy atom. The Morgan fingerprint density at radius 3 is 2.29 bits per heavy atom. The molecule has 0 saturated heterocycles. The van der Waals surface area contributed by atoms with E-state index in [4.69, 9.17) is 0 Å². The first-order valence-corrected chi connectivity index (χ1v) is 5.79. The van der Waals surface area contributed by atoms with Crippen molar-refractivity contribution < 1.29 is 10.2 Å². The fourth-order valence-electron chi connectivity index (χ4n) is 2.15. The molecule has 2 heteroatoms. The molecule has 0 aliphatic carbocycles. The first kappa shape index (κ1) is 11.5.